The monoisotopic (exact) mass is 367 g/mol. The number of nitro groups is 1. The second-order valence-corrected chi connectivity index (χ2v) is 7.03. The van der Waals surface area contributed by atoms with E-state index in [9.17, 15) is 14.9 Å². The van der Waals surface area contributed by atoms with Crippen LogP contribution in [0.1, 0.15) is 18.4 Å². The third-order valence-corrected chi connectivity index (χ3v) is 5.59. The van der Waals surface area contributed by atoms with E-state index in [2.05, 4.69) is 15.9 Å². The Labute approximate surface area is 136 Å². The van der Waals surface area contributed by atoms with Gasteiger partial charge in [0.25, 0.3) is 5.69 Å². The van der Waals surface area contributed by atoms with Crippen LogP contribution in [0.15, 0.2) is 22.7 Å². The van der Waals surface area contributed by atoms with E-state index in [0.717, 1.165) is 31.5 Å². The molecule has 1 saturated heterocycles. The summed E-state index contributed by atoms with van der Waals surface area (Å²) in [6, 6.07) is 4.73. The van der Waals surface area contributed by atoms with Gasteiger partial charge in [0.1, 0.15) is 0 Å². The summed E-state index contributed by atoms with van der Waals surface area (Å²) in [6.45, 7) is 1.54. The van der Waals surface area contributed by atoms with Gasteiger partial charge in [-0.05, 0) is 30.2 Å². The number of carbonyl (C=O) groups is 1. The van der Waals surface area contributed by atoms with Crippen LogP contribution in [0.25, 0.3) is 0 Å². The number of nitrogens with two attached hydrogens (primary N) is 1. The molecule has 1 aliphatic heterocycles. The molecule has 118 valence electrons. The van der Waals surface area contributed by atoms with E-state index >= 15 is 0 Å². The Bertz CT molecular complexity index is 622. The summed E-state index contributed by atoms with van der Waals surface area (Å²) < 4.78 is 0.603. The van der Waals surface area contributed by atoms with E-state index in [1.165, 1.54) is 12.1 Å². The zero-order chi connectivity index (χ0) is 15.9. The molecule has 0 radical (unpaired) electrons. The lowest BCUT2D eigenvalue weighted by Gasteiger charge is -2.19. The second kappa shape index (κ2) is 5.96. The van der Waals surface area contributed by atoms with Crippen LogP contribution in [-0.4, -0.2) is 34.9 Å². The van der Waals surface area contributed by atoms with Crippen LogP contribution in [0.4, 0.5) is 5.69 Å². The number of hydrogen-bond donors (Lipinski definition) is 1. The number of halogens is 1. The first-order chi connectivity index (χ1) is 10.5. The molecular weight excluding hydrogens is 350 g/mol. The van der Waals surface area contributed by atoms with Crippen LogP contribution < -0.4 is 5.73 Å². The number of likely N-dealkylation sites (tertiary alicyclic amines) is 1. The van der Waals surface area contributed by atoms with E-state index in [-0.39, 0.29) is 24.1 Å². The number of nitro benzene ring substituents is 1. The molecule has 0 aromatic heterocycles. The number of amides is 1. The summed E-state index contributed by atoms with van der Waals surface area (Å²) in [5.41, 5.74) is 6.89. The molecule has 1 aliphatic carbocycles. The van der Waals surface area contributed by atoms with Crippen molar-refractivity contribution in [1.82, 2.24) is 4.90 Å². The molecule has 6 nitrogen and oxygen atoms in total. The second-order valence-electron chi connectivity index (χ2n) is 6.17. The smallest absolute Gasteiger partial charge is 0.270 e. The lowest BCUT2D eigenvalue weighted by atomic mass is 9.98. The van der Waals surface area contributed by atoms with Gasteiger partial charge in [0, 0.05) is 35.7 Å². The highest BCUT2D eigenvalue weighted by Crippen LogP contribution is 2.37. The van der Waals surface area contributed by atoms with E-state index in [1.807, 2.05) is 4.90 Å². The first-order valence-electron chi connectivity index (χ1n) is 7.42. The Morgan fingerprint density at radius 1 is 1.41 bits per heavy atom. The van der Waals surface area contributed by atoms with Crippen molar-refractivity contribution >= 4 is 27.5 Å². The maximum absolute atomic E-state index is 12.5. The zero-order valence-corrected chi connectivity index (χ0v) is 13.7. The summed E-state index contributed by atoms with van der Waals surface area (Å²) in [5.74, 6) is 1.04. The minimum Gasteiger partial charge on any atom is -0.342 e. The number of carbonyl (C=O) groups excluding carboxylic acids is 1. The predicted octanol–water partition coefficient (Wildman–Crippen LogP) is 2.10. The van der Waals surface area contributed by atoms with Gasteiger partial charge in [0.05, 0.1) is 11.3 Å². The third-order valence-electron chi connectivity index (χ3n) is 4.85. The molecule has 7 heteroatoms. The predicted molar refractivity (Wildman–Crippen MR) is 85.3 cm³/mol. The van der Waals surface area contributed by atoms with Crippen LogP contribution in [0.5, 0.6) is 0 Å². The highest BCUT2D eigenvalue weighted by Gasteiger charge is 2.42. The van der Waals surface area contributed by atoms with Gasteiger partial charge in [-0.2, -0.15) is 0 Å². The average molecular weight is 368 g/mol. The normalized spacial score (nSPS) is 27.0. The van der Waals surface area contributed by atoms with Crippen LogP contribution in [-0.2, 0) is 11.2 Å². The molecule has 0 bridgehead atoms. The number of hydrogen-bond acceptors (Lipinski definition) is 4. The molecule has 1 aromatic rings. The molecule has 3 unspecified atom stereocenters. The van der Waals surface area contributed by atoms with Crippen LogP contribution in [0.2, 0.25) is 0 Å². The molecule has 22 heavy (non-hydrogen) atoms. The quantitative estimate of drug-likeness (QED) is 0.654. The molecule has 3 rings (SSSR count). The molecule has 1 saturated carbocycles. The number of benzene rings is 1. The number of nitrogens with zero attached hydrogens (tertiary/aromatic N) is 2. The number of non-ortho nitro benzene ring substituents is 1. The van der Waals surface area contributed by atoms with Crippen molar-refractivity contribution in [3.05, 3.63) is 38.3 Å². The fraction of sp³-hybridized carbons (Fsp3) is 0.533. The fourth-order valence-electron chi connectivity index (χ4n) is 3.58. The Morgan fingerprint density at radius 3 is 2.82 bits per heavy atom. The van der Waals surface area contributed by atoms with Crippen molar-refractivity contribution in [1.29, 1.82) is 0 Å². The maximum atomic E-state index is 12.5. The molecule has 2 aliphatic rings. The molecule has 2 fully saturated rings. The van der Waals surface area contributed by atoms with Gasteiger partial charge < -0.3 is 10.6 Å². The molecule has 1 amide bonds. The van der Waals surface area contributed by atoms with E-state index in [0.29, 0.717) is 16.3 Å². The zero-order valence-electron chi connectivity index (χ0n) is 12.1. The standard InChI is InChI=1S/C15H18BrN3O3/c16-13-6-11(19(21)22)3-1-9(13)5-15(20)18-7-10-2-4-14(17)12(10)8-18/h1,3,6,10,12,14H,2,4-5,7-8,17H2. The molecule has 1 heterocycles. The largest absolute Gasteiger partial charge is 0.342 e. The van der Waals surface area contributed by atoms with E-state index < -0.39 is 4.92 Å². The fourth-order valence-corrected chi connectivity index (χ4v) is 4.09. The van der Waals surface area contributed by atoms with E-state index in [4.69, 9.17) is 5.73 Å². The number of rotatable bonds is 3. The summed E-state index contributed by atoms with van der Waals surface area (Å²) in [5, 5.41) is 10.7. The van der Waals surface area contributed by atoms with Gasteiger partial charge in [-0.15, -0.1) is 0 Å². The van der Waals surface area contributed by atoms with Gasteiger partial charge in [-0.25, -0.2) is 0 Å². The lowest BCUT2D eigenvalue weighted by Crippen LogP contribution is -2.34. The molecular formula is C15H18BrN3O3. The van der Waals surface area contributed by atoms with Crippen molar-refractivity contribution in [2.45, 2.75) is 25.3 Å². The summed E-state index contributed by atoms with van der Waals surface area (Å²) in [7, 11) is 0. The lowest BCUT2D eigenvalue weighted by molar-refractivity contribution is -0.384. The Morgan fingerprint density at radius 2 is 2.18 bits per heavy atom. The van der Waals surface area contributed by atoms with Crippen molar-refractivity contribution in [2.75, 3.05) is 13.1 Å². The summed E-state index contributed by atoms with van der Waals surface area (Å²) >= 11 is 3.32. The van der Waals surface area contributed by atoms with Crippen LogP contribution in [0, 0.1) is 22.0 Å². The van der Waals surface area contributed by atoms with Crippen molar-refractivity contribution in [3.8, 4) is 0 Å². The molecule has 1 aromatic carbocycles. The highest BCUT2D eigenvalue weighted by atomic mass is 79.9. The van der Waals surface area contributed by atoms with Gasteiger partial charge in [-0.3, -0.25) is 14.9 Å². The minimum atomic E-state index is -0.445. The first-order valence-corrected chi connectivity index (χ1v) is 8.21. The molecule has 3 atom stereocenters. The maximum Gasteiger partial charge on any atom is 0.270 e. The highest BCUT2D eigenvalue weighted by molar-refractivity contribution is 9.10. The van der Waals surface area contributed by atoms with Crippen molar-refractivity contribution in [2.24, 2.45) is 17.6 Å². The van der Waals surface area contributed by atoms with Crippen molar-refractivity contribution < 1.29 is 9.72 Å². The SMILES string of the molecule is NC1CCC2CN(C(=O)Cc3ccc([N+](=O)[O-])cc3Br)CC12. The Kier molecular flexibility index (Phi) is 4.18. The van der Waals surface area contributed by atoms with Crippen LogP contribution in [0.3, 0.4) is 0 Å². The first kappa shape index (κ1) is 15.4. The summed E-state index contributed by atoms with van der Waals surface area (Å²) in [4.78, 5) is 24.6. The third kappa shape index (κ3) is 2.87. The Hall–Kier alpha value is -1.47. The van der Waals surface area contributed by atoms with Crippen LogP contribution >= 0.6 is 15.9 Å². The molecule has 2 N–H and O–H groups in total. The number of fused-ring (bicyclic) bond motifs is 1. The molecule has 0 spiro atoms. The Balaban J connectivity index is 1.66. The van der Waals surface area contributed by atoms with Gasteiger partial charge in [0.2, 0.25) is 5.91 Å². The van der Waals surface area contributed by atoms with Crippen molar-refractivity contribution in [3.63, 3.8) is 0 Å². The topological polar surface area (TPSA) is 89.5 Å². The van der Waals surface area contributed by atoms with Gasteiger partial charge in [-0.1, -0.05) is 22.0 Å². The summed E-state index contributed by atoms with van der Waals surface area (Å²) in [6.07, 6.45) is 2.43. The minimum absolute atomic E-state index is 0.0183. The average Bonchev–Trinajstić information content (AvgIpc) is 3.03. The van der Waals surface area contributed by atoms with Gasteiger partial charge in [0.15, 0.2) is 0 Å². The van der Waals surface area contributed by atoms with Gasteiger partial charge >= 0.3 is 0 Å². The van der Waals surface area contributed by atoms with E-state index in [1.54, 1.807) is 6.07 Å².